The molecule has 0 unspecified atom stereocenters. The topological polar surface area (TPSA) is 79.5 Å². The minimum Gasteiger partial charge on any atom is -0.477 e. The zero-order valence-corrected chi connectivity index (χ0v) is 9.04. The van der Waals surface area contributed by atoms with Gasteiger partial charge in [-0.25, -0.2) is 9.78 Å². The molecule has 1 fully saturated rings. The van der Waals surface area contributed by atoms with Gasteiger partial charge in [-0.15, -0.1) is 0 Å². The highest BCUT2D eigenvalue weighted by Gasteiger charge is 2.19. The van der Waals surface area contributed by atoms with Gasteiger partial charge < -0.3 is 15.7 Å². The van der Waals surface area contributed by atoms with E-state index in [1.165, 1.54) is 17.5 Å². The molecular weight excluding hydrogens is 214 g/mol. The Morgan fingerprint density at radius 3 is 2.80 bits per heavy atom. The van der Waals surface area contributed by atoms with Gasteiger partial charge in [0.05, 0.1) is 6.20 Å². The third-order valence-electron chi connectivity index (χ3n) is 2.51. The second-order valence-electron chi connectivity index (χ2n) is 3.64. The van der Waals surface area contributed by atoms with Crippen molar-refractivity contribution in [3.63, 3.8) is 0 Å². The Kier molecular flexibility index (Phi) is 2.88. The van der Waals surface area contributed by atoms with Crippen LogP contribution in [-0.4, -0.2) is 35.2 Å². The summed E-state index contributed by atoms with van der Waals surface area (Å²) in [6.45, 7) is 1.74. The molecule has 6 heteroatoms. The summed E-state index contributed by atoms with van der Waals surface area (Å²) in [6.07, 6.45) is 3.31. The van der Waals surface area contributed by atoms with E-state index >= 15 is 0 Å². The molecule has 0 aromatic carbocycles. The lowest BCUT2D eigenvalue weighted by Gasteiger charge is -2.29. The van der Waals surface area contributed by atoms with Crippen molar-refractivity contribution in [2.24, 2.45) is 5.73 Å². The summed E-state index contributed by atoms with van der Waals surface area (Å²) in [5, 5.41) is 9.56. The van der Waals surface area contributed by atoms with E-state index in [0.29, 0.717) is 4.88 Å². The second kappa shape index (κ2) is 4.16. The number of thiazole rings is 1. The van der Waals surface area contributed by atoms with Crippen molar-refractivity contribution in [2.75, 3.05) is 18.0 Å². The first-order valence-electron chi connectivity index (χ1n) is 4.86. The van der Waals surface area contributed by atoms with Gasteiger partial charge in [0.25, 0.3) is 0 Å². The number of hydrogen-bond donors (Lipinski definition) is 2. The van der Waals surface area contributed by atoms with Gasteiger partial charge in [0, 0.05) is 19.1 Å². The number of aromatic nitrogens is 1. The van der Waals surface area contributed by atoms with E-state index in [9.17, 15) is 4.79 Å². The van der Waals surface area contributed by atoms with E-state index in [0.717, 1.165) is 31.1 Å². The maximum atomic E-state index is 10.7. The maximum Gasteiger partial charge on any atom is 0.347 e. The van der Waals surface area contributed by atoms with Crippen LogP contribution in [0.2, 0.25) is 0 Å². The van der Waals surface area contributed by atoms with Crippen LogP contribution in [0.4, 0.5) is 5.13 Å². The number of rotatable bonds is 2. The van der Waals surface area contributed by atoms with Crippen LogP contribution in [0.3, 0.4) is 0 Å². The minimum atomic E-state index is -0.910. The van der Waals surface area contributed by atoms with E-state index in [1.54, 1.807) is 0 Å². The van der Waals surface area contributed by atoms with Crippen LogP contribution >= 0.6 is 11.3 Å². The molecule has 1 aromatic rings. The molecule has 1 aliphatic heterocycles. The Bertz CT molecular complexity index is 358. The number of carboxylic acids is 1. The SMILES string of the molecule is NC1CCN(c2ncc(C(=O)O)s2)CC1. The summed E-state index contributed by atoms with van der Waals surface area (Å²) in [4.78, 5) is 17.2. The molecule has 0 aliphatic carbocycles. The van der Waals surface area contributed by atoms with E-state index in [2.05, 4.69) is 9.88 Å². The number of aromatic carboxylic acids is 1. The molecule has 0 saturated carbocycles. The van der Waals surface area contributed by atoms with Gasteiger partial charge in [0.1, 0.15) is 4.88 Å². The molecule has 0 amide bonds. The first kappa shape index (κ1) is 10.4. The third-order valence-corrected chi connectivity index (χ3v) is 3.56. The Balaban J connectivity index is 2.06. The molecule has 15 heavy (non-hydrogen) atoms. The highest BCUT2D eigenvalue weighted by atomic mass is 32.1. The van der Waals surface area contributed by atoms with Crippen LogP contribution in [0.1, 0.15) is 22.5 Å². The molecular formula is C9H13N3O2S. The Hall–Kier alpha value is -1.14. The summed E-state index contributed by atoms with van der Waals surface area (Å²) in [7, 11) is 0. The number of carboxylic acid groups (broad SMARTS) is 1. The molecule has 0 radical (unpaired) electrons. The summed E-state index contributed by atoms with van der Waals surface area (Å²) in [6, 6.07) is 0.278. The monoisotopic (exact) mass is 227 g/mol. The molecule has 0 bridgehead atoms. The van der Waals surface area contributed by atoms with Crippen LogP contribution in [0, 0.1) is 0 Å². The van der Waals surface area contributed by atoms with Crippen molar-refractivity contribution in [2.45, 2.75) is 18.9 Å². The molecule has 1 saturated heterocycles. The van der Waals surface area contributed by atoms with Crippen molar-refractivity contribution in [1.82, 2.24) is 4.98 Å². The zero-order chi connectivity index (χ0) is 10.8. The van der Waals surface area contributed by atoms with Gasteiger partial charge in [0.15, 0.2) is 5.13 Å². The minimum absolute atomic E-state index is 0.278. The van der Waals surface area contributed by atoms with Gasteiger partial charge >= 0.3 is 5.97 Å². The third kappa shape index (κ3) is 2.27. The molecule has 1 aromatic heterocycles. The molecule has 82 valence electrons. The van der Waals surface area contributed by atoms with Gasteiger partial charge in [-0.05, 0) is 12.8 Å². The highest BCUT2D eigenvalue weighted by molar-refractivity contribution is 7.17. The Labute approximate surface area is 91.5 Å². The normalized spacial score (nSPS) is 18.1. The predicted octanol–water partition coefficient (Wildman–Crippen LogP) is 0.769. The fourth-order valence-electron chi connectivity index (χ4n) is 1.60. The second-order valence-corrected chi connectivity index (χ2v) is 4.65. The number of hydrogen-bond acceptors (Lipinski definition) is 5. The lowest BCUT2D eigenvalue weighted by Crippen LogP contribution is -2.39. The number of nitrogens with two attached hydrogens (primary N) is 1. The fraction of sp³-hybridized carbons (Fsp3) is 0.556. The van der Waals surface area contributed by atoms with Gasteiger partial charge in [-0.3, -0.25) is 0 Å². The standard InChI is InChI=1S/C9H13N3O2S/c10-6-1-3-12(4-2-6)9-11-5-7(15-9)8(13)14/h5-6H,1-4,10H2,(H,13,14). The van der Waals surface area contributed by atoms with Crippen LogP contribution < -0.4 is 10.6 Å². The van der Waals surface area contributed by atoms with Crippen LogP contribution in [0.15, 0.2) is 6.20 Å². The Morgan fingerprint density at radius 1 is 1.60 bits per heavy atom. The maximum absolute atomic E-state index is 10.7. The molecule has 0 spiro atoms. The smallest absolute Gasteiger partial charge is 0.347 e. The molecule has 2 rings (SSSR count). The van der Waals surface area contributed by atoms with Crippen molar-refractivity contribution in [3.05, 3.63) is 11.1 Å². The van der Waals surface area contributed by atoms with E-state index < -0.39 is 5.97 Å². The van der Waals surface area contributed by atoms with Crippen LogP contribution in [0.5, 0.6) is 0 Å². The molecule has 3 N–H and O–H groups in total. The number of piperidine rings is 1. The number of anilines is 1. The number of carbonyl (C=O) groups is 1. The number of nitrogens with zero attached hydrogens (tertiary/aromatic N) is 2. The first-order valence-corrected chi connectivity index (χ1v) is 5.68. The van der Waals surface area contributed by atoms with Crippen molar-refractivity contribution in [1.29, 1.82) is 0 Å². The van der Waals surface area contributed by atoms with Crippen molar-refractivity contribution < 1.29 is 9.90 Å². The molecule has 5 nitrogen and oxygen atoms in total. The van der Waals surface area contributed by atoms with Gasteiger partial charge in [-0.2, -0.15) is 0 Å². The summed E-state index contributed by atoms with van der Waals surface area (Å²) < 4.78 is 0. The largest absolute Gasteiger partial charge is 0.477 e. The predicted molar refractivity (Wildman–Crippen MR) is 58.5 cm³/mol. The van der Waals surface area contributed by atoms with Crippen LogP contribution in [0.25, 0.3) is 0 Å². The zero-order valence-electron chi connectivity index (χ0n) is 8.22. The lowest BCUT2D eigenvalue weighted by molar-refractivity contribution is 0.0702. The van der Waals surface area contributed by atoms with E-state index in [1.807, 2.05) is 0 Å². The average Bonchev–Trinajstić information content (AvgIpc) is 2.68. The fourth-order valence-corrected chi connectivity index (χ4v) is 2.41. The van der Waals surface area contributed by atoms with Crippen LogP contribution in [-0.2, 0) is 0 Å². The van der Waals surface area contributed by atoms with E-state index in [4.69, 9.17) is 10.8 Å². The molecule has 1 aliphatic rings. The summed E-state index contributed by atoms with van der Waals surface area (Å²) >= 11 is 1.22. The van der Waals surface area contributed by atoms with Crippen molar-refractivity contribution in [3.8, 4) is 0 Å². The lowest BCUT2D eigenvalue weighted by atomic mass is 10.1. The quantitative estimate of drug-likeness (QED) is 0.780. The van der Waals surface area contributed by atoms with Gasteiger partial charge in [0.2, 0.25) is 0 Å². The van der Waals surface area contributed by atoms with Crippen molar-refractivity contribution >= 4 is 22.4 Å². The summed E-state index contributed by atoms with van der Waals surface area (Å²) in [5.74, 6) is -0.910. The first-order chi connectivity index (χ1) is 7.16. The van der Waals surface area contributed by atoms with E-state index in [-0.39, 0.29) is 6.04 Å². The molecule has 2 heterocycles. The molecule has 0 atom stereocenters. The van der Waals surface area contributed by atoms with Gasteiger partial charge in [-0.1, -0.05) is 11.3 Å². The Morgan fingerprint density at radius 2 is 2.27 bits per heavy atom. The summed E-state index contributed by atoms with van der Waals surface area (Å²) in [5.41, 5.74) is 5.79. The highest BCUT2D eigenvalue weighted by Crippen LogP contribution is 2.25. The average molecular weight is 227 g/mol.